The van der Waals surface area contributed by atoms with Gasteiger partial charge in [0, 0.05) is 12.0 Å². The number of aryl methyl sites for hydroxylation is 1. The van der Waals surface area contributed by atoms with Gasteiger partial charge in [-0.15, -0.1) is 0 Å². The van der Waals surface area contributed by atoms with Crippen LogP contribution in [0, 0.1) is 5.92 Å². The van der Waals surface area contributed by atoms with Gasteiger partial charge in [-0.05, 0) is 48.6 Å². The van der Waals surface area contributed by atoms with E-state index >= 15 is 0 Å². The van der Waals surface area contributed by atoms with Gasteiger partial charge in [0.25, 0.3) is 0 Å². The Hall–Kier alpha value is -2.09. The molecule has 1 atom stereocenters. The molecule has 20 heavy (non-hydrogen) atoms. The van der Waals surface area contributed by atoms with Gasteiger partial charge in [0.2, 0.25) is 0 Å². The number of hydrogen-bond acceptors (Lipinski definition) is 2. The van der Waals surface area contributed by atoms with Gasteiger partial charge in [-0.25, -0.2) is 0 Å². The molecule has 0 amide bonds. The van der Waals surface area contributed by atoms with Gasteiger partial charge in [0.15, 0.2) is 5.78 Å². The Bertz CT molecular complexity index is 617. The zero-order valence-corrected chi connectivity index (χ0v) is 11.6. The summed E-state index contributed by atoms with van der Waals surface area (Å²) in [6.07, 6.45) is 2.70. The summed E-state index contributed by atoms with van der Waals surface area (Å²) < 4.78 is 5.81. The van der Waals surface area contributed by atoms with Crippen LogP contribution in [0.15, 0.2) is 48.5 Å². The maximum Gasteiger partial charge on any atom is 0.163 e. The molecule has 2 nitrogen and oxygen atoms in total. The lowest BCUT2D eigenvalue weighted by Gasteiger charge is -2.09. The van der Waals surface area contributed by atoms with Crippen LogP contribution in [0.1, 0.15) is 35.7 Å². The Morgan fingerprint density at radius 3 is 2.65 bits per heavy atom. The zero-order valence-electron chi connectivity index (χ0n) is 11.6. The molecule has 0 aromatic heterocycles. The van der Waals surface area contributed by atoms with E-state index in [0.29, 0.717) is 12.3 Å². The average molecular weight is 266 g/mol. The first-order chi connectivity index (χ1) is 9.72. The number of Topliss-reactive ketones (excluding diaryl/α,β-unsaturated/α-hetero) is 1. The van der Waals surface area contributed by atoms with Crippen LogP contribution in [0.25, 0.3) is 0 Å². The fourth-order valence-corrected chi connectivity index (χ4v) is 2.65. The monoisotopic (exact) mass is 266 g/mol. The summed E-state index contributed by atoms with van der Waals surface area (Å²) in [5, 5.41) is 0. The van der Waals surface area contributed by atoms with Crippen molar-refractivity contribution in [2.24, 2.45) is 5.92 Å². The first-order valence-corrected chi connectivity index (χ1v) is 7.11. The van der Waals surface area contributed by atoms with Crippen LogP contribution in [0.4, 0.5) is 0 Å². The summed E-state index contributed by atoms with van der Waals surface area (Å²) in [4.78, 5) is 12.3. The first kappa shape index (κ1) is 12.9. The Labute approximate surface area is 119 Å². The number of ketones is 1. The SMILES string of the molecule is CC1CCc2ccc(Oc3ccccc3)cc2C(=O)C1. The highest BCUT2D eigenvalue weighted by Gasteiger charge is 2.20. The molecule has 102 valence electrons. The number of ether oxygens (including phenoxy) is 1. The van der Waals surface area contributed by atoms with E-state index in [-0.39, 0.29) is 5.78 Å². The molecule has 3 rings (SSSR count). The lowest BCUT2D eigenvalue weighted by Crippen LogP contribution is -2.03. The van der Waals surface area contributed by atoms with Gasteiger partial charge in [-0.3, -0.25) is 4.79 Å². The molecular formula is C18H18O2. The highest BCUT2D eigenvalue weighted by atomic mass is 16.5. The maximum atomic E-state index is 12.3. The third-order valence-corrected chi connectivity index (χ3v) is 3.80. The van der Waals surface area contributed by atoms with Crippen molar-refractivity contribution in [3.05, 3.63) is 59.7 Å². The standard InChI is InChI=1S/C18H18O2/c1-13-7-8-14-9-10-16(12-17(14)18(19)11-13)20-15-5-3-2-4-6-15/h2-6,9-10,12-13H,7-8,11H2,1H3. The fraction of sp³-hybridized carbons (Fsp3) is 0.278. The number of benzene rings is 2. The lowest BCUT2D eigenvalue weighted by atomic mass is 10.0. The molecule has 1 aliphatic rings. The van der Waals surface area contributed by atoms with Crippen LogP contribution < -0.4 is 4.74 Å². The number of fused-ring (bicyclic) bond motifs is 1. The lowest BCUT2D eigenvalue weighted by molar-refractivity contribution is 0.0967. The molecule has 0 saturated heterocycles. The zero-order chi connectivity index (χ0) is 13.9. The smallest absolute Gasteiger partial charge is 0.163 e. The van der Waals surface area contributed by atoms with Gasteiger partial charge < -0.3 is 4.74 Å². The Balaban J connectivity index is 1.89. The summed E-state index contributed by atoms with van der Waals surface area (Å²) in [6.45, 7) is 2.14. The minimum atomic E-state index is 0.239. The quantitative estimate of drug-likeness (QED) is 0.740. The second kappa shape index (κ2) is 5.49. The molecule has 0 heterocycles. The van der Waals surface area contributed by atoms with E-state index in [1.807, 2.05) is 48.5 Å². The molecule has 2 aromatic carbocycles. The summed E-state index contributed by atoms with van der Waals surface area (Å²) in [7, 11) is 0. The van der Waals surface area contributed by atoms with Crippen LogP contribution in [0.5, 0.6) is 11.5 Å². The van der Waals surface area contributed by atoms with Crippen molar-refractivity contribution in [3.63, 3.8) is 0 Å². The molecule has 0 aliphatic heterocycles. The normalized spacial score (nSPS) is 18.2. The van der Waals surface area contributed by atoms with Crippen LogP contribution in [0.2, 0.25) is 0 Å². The second-order valence-electron chi connectivity index (χ2n) is 5.51. The van der Waals surface area contributed by atoms with E-state index in [1.54, 1.807) is 0 Å². The van der Waals surface area contributed by atoms with E-state index < -0.39 is 0 Å². The summed E-state index contributed by atoms with van der Waals surface area (Å²) in [5.41, 5.74) is 1.99. The fourth-order valence-electron chi connectivity index (χ4n) is 2.65. The molecule has 0 N–H and O–H groups in total. The van der Waals surface area contributed by atoms with Crippen molar-refractivity contribution < 1.29 is 9.53 Å². The van der Waals surface area contributed by atoms with E-state index in [9.17, 15) is 4.79 Å². The number of para-hydroxylation sites is 1. The summed E-state index contributed by atoms with van der Waals surface area (Å²) >= 11 is 0. The largest absolute Gasteiger partial charge is 0.457 e. The van der Waals surface area contributed by atoms with Crippen molar-refractivity contribution in [1.82, 2.24) is 0 Å². The molecule has 0 radical (unpaired) electrons. The predicted octanol–water partition coefficient (Wildman–Crippen LogP) is 4.63. The predicted molar refractivity (Wildman–Crippen MR) is 79.4 cm³/mol. The Kier molecular flexibility index (Phi) is 3.55. The third kappa shape index (κ3) is 2.74. The van der Waals surface area contributed by atoms with E-state index in [4.69, 9.17) is 4.74 Å². The molecule has 0 saturated carbocycles. The summed E-state index contributed by atoms with van der Waals surface area (Å²) in [5.74, 6) is 2.23. The van der Waals surface area contributed by atoms with E-state index in [1.165, 1.54) is 0 Å². The molecule has 2 aromatic rings. The summed E-state index contributed by atoms with van der Waals surface area (Å²) in [6, 6.07) is 15.5. The van der Waals surface area contributed by atoms with Crippen LogP contribution >= 0.6 is 0 Å². The Morgan fingerprint density at radius 2 is 1.85 bits per heavy atom. The molecule has 0 spiro atoms. The second-order valence-corrected chi connectivity index (χ2v) is 5.51. The molecule has 1 unspecified atom stereocenters. The highest BCUT2D eigenvalue weighted by Crippen LogP contribution is 2.29. The third-order valence-electron chi connectivity index (χ3n) is 3.80. The molecular weight excluding hydrogens is 248 g/mol. The molecule has 2 heteroatoms. The topological polar surface area (TPSA) is 26.3 Å². The maximum absolute atomic E-state index is 12.3. The van der Waals surface area contributed by atoms with Crippen molar-refractivity contribution >= 4 is 5.78 Å². The van der Waals surface area contributed by atoms with Crippen LogP contribution in [0.3, 0.4) is 0 Å². The van der Waals surface area contributed by atoms with Crippen LogP contribution in [-0.2, 0) is 6.42 Å². The van der Waals surface area contributed by atoms with E-state index in [2.05, 4.69) is 6.92 Å². The number of carbonyl (C=O) groups excluding carboxylic acids is 1. The van der Waals surface area contributed by atoms with E-state index in [0.717, 1.165) is 35.5 Å². The number of rotatable bonds is 2. The minimum Gasteiger partial charge on any atom is -0.457 e. The van der Waals surface area contributed by atoms with Crippen LogP contribution in [-0.4, -0.2) is 5.78 Å². The minimum absolute atomic E-state index is 0.239. The first-order valence-electron chi connectivity index (χ1n) is 7.11. The van der Waals surface area contributed by atoms with Gasteiger partial charge >= 0.3 is 0 Å². The van der Waals surface area contributed by atoms with Crippen molar-refractivity contribution in [1.29, 1.82) is 0 Å². The average Bonchev–Trinajstić information content (AvgIpc) is 2.59. The van der Waals surface area contributed by atoms with Crippen molar-refractivity contribution in [2.45, 2.75) is 26.2 Å². The molecule has 1 aliphatic carbocycles. The van der Waals surface area contributed by atoms with Gasteiger partial charge in [-0.2, -0.15) is 0 Å². The number of carbonyl (C=O) groups is 1. The highest BCUT2D eigenvalue weighted by molar-refractivity contribution is 5.98. The van der Waals surface area contributed by atoms with Gasteiger partial charge in [-0.1, -0.05) is 31.2 Å². The van der Waals surface area contributed by atoms with Gasteiger partial charge in [0.05, 0.1) is 0 Å². The van der Waals surface area contributed by atoms with Gasteiger partial charge in [0.1, 0.15) is 11.5 Å². The number of hydrogen-bond donors (Lipinski definition) is 0. The molecule has 0 bridgehead atoms. The van der Waals surface area contributed by atoms with Crippen molar-refractivity contribution in [2.75, 3.05) is 0 Å². The molecule has 0 fully saturated rings. The van der Waals surface area contributed by atoms with Crippen molar-refractivity contribution in [3.8, 4) is 11.5 Å². The Morgan fingerprint density at radius 1 is 1.05 bits per heavy atom.